The van der Waals surface area contributed by atoms with Crippen molar-refractivity contribution in [1.82, 2.24) is 0 Å². The summed E-state index contributed by atoms with van der Waals surface area (Å²) in [6.45, 7) is 1.82. The second-order valence-electron chi connectivity index (χ2n) is 4.03. The number of aryl methyl sites for hydroxylation is 1. The monoisotopic (exact) mass is 204 g/mol. The van der Waals surface area contributed by atoms with Crippen LogP contribution in [0.2, 0.25) is 0 Å². The molecule has 0 radical (unpaired) electrons. The number of carboxylic acids is 1. The van der Waals surface area contributed by atoms with Crippen molar-refractivity contribution in [3.63, 3.8) is 0 Å². The Hall–Kier alpha value is -1.64. The number of ketones is 1. The lowest BCUT2D eigenvalue weighted by Gasteiger charge is -2.10. The molecule has 0 aliphatic heterocycles. The molecule has 1 fully saturated rings. The van der Waals surface area contributed by atoms with Gasteiger partial charge in [-0.05, 0) is 25.3 Å². The van der Waals surface area contributed by atoms with Crippen LogP contribution in [0.1, 0.15) is 28.8 Å². The minimum Gasteiger partial charge on any atom is -0.480 e. The fourth-order valence-corrected chi connectivity index (χ4v) is 1.75. The molecule has 0 amide bonds. The minimum absolute atomic E-state index is 0.242. The third-order valence-corrected chi connectivity index (χ3v) is 2.98. The Labute approximate surface area is 87.7 Å². The Bertz CT molecular complexity index is 430. The first-order valence-electron chi connectivity index (χ1n) is 4.92. The molecule has 0 aromatic heterocycles. The highest BCUT2D eigenvalue weighted by Gasteiger charge is 2.57. The van der Waals surface area contributed by atoms with E-state index >= 15 is 0 Å². The van der Waals surface area contributed by atoms with E-state index in [9.17, 15) is 9.59 Å². The van der Waals surface area contributed by atoms with E-state index in [0.717, 1.165) is 5.56 Å². The first kappa shape index (κ1) is 9.90. The minimum atomic E-state index is -1.12. The van der Waals surface area contributed by atoms with E-state index in [0.29, 0.717) is 18.4 Å². The number of carboxylic acid groups (broad SMARTS) is 1. The predicted molar refractivity (Wildman–Crippen MR) is 54.8 cm³/mol. The summed E-state index contributed by atoms with van der Waals surface area (Å²) in [6.07, 6.45) is 0.936. The number of benzene rings is 1. The average molecular weight is 204 g/mol. The third kappa shape index (κ3) is 1.44. The molecular formula is C12H12O3. The van der Waals surface area contributed by atoms with Crippen LogP contribution < -0.4 is 0 Å². The molecule has 0 heterocycles. The number of Topliss-reactive ketones (excluding diaryl/α,β-unsaturated/α-hetero) is 1. The first-order chi connectivity index (χ1) is 7.08. The van der Waals surface area contributed by atoms with Crippen LogP contribution >= 0.6 is 0 Å². The molecule has 0 bridgehead atoms. The summed E-state index contributed by atoms with van der Waals surface area (Å²) in [5.74, 6) is -1.23. The van der Waals surface area contributed by atoms with E-state index in [1.165, 1.54) is 0 Å². The molecule has 0 spiro atoms. The van der Waals surface area contributed by atoms with Crippen molar-refractivity contribution in [2.24, 2.45) is 5.41 Å². The summed E-state index contributed by atoms with van der Waals surface area (Å²) in [4.78, 5) is 23.0. The van der Waals surface area contributed by atoms with Crippen LogP contribution in [0.5, 0.6) is 0 Å². The maximum absolute atomic E-state index is 12.0. The van der Waals surface area contributed by atoms with Crippen molar-refractivity contribution >= 4 is 11.8 Å². The summed E-state index contributed by atoms with van der Waals surface area (Å²) < 4.78 is 0. The SMILES string of the molecule is Cc1ccccc1C(=O)C1(C(=O)O)CC1. The fourth-order valence-electron chi connectivity index (χ4n) is 1.75. The molecule has 1 saturated carbocycles. The van der Waals surface area contributed by atoms with E-state index in [-0.39, 0.29) is 5.78 Å². The van der Waals surface area contributed by atoms with Crippen molar-refractivity contribution in [2.45, 2.75) is 19.8 Å². The van der Waals surface area contributed by atoms with Crippen LogP contribution in [0.3, 0.4) is 0 Å². The number of rotatable bonds is 3. The van der Waals surface area contributed by atoms with Gasteiger partial charge in [0.2, 0.25) is 0 Å². The maximum atomic E-state index is 12.0. The van der Waals surface area contributed by atoms with Gasteiger partial charge in [0.15, 0.2) is 5.78 Å². The Morgan fingerprint density at radius 2 is 1.87 bits per heavy atom. The second kappa shape index (κ2) is 3.19. The Balaban J connectivity index is 2.38. The van der Waals surface area contributed by atoms with Crippen LogP contribution in [0.4, 0.5) is 0 Å². The van der Waals surface area contributed by atoms with Gasteiger partial charge in [-0.1, -0.05) is 24.3 Å². The lowest BCUT2D eigenvalue weighted by molar-refractivity contribution is -0.141. The highest BCUT2D eigenvalue weighted by molar-refractivity contribution is 6.14. The van der Waals surface area contributed by atoms with Gasteiger partial charge in [0, 0.05) is 5.56 Å². The fraction of sp³-hybridized carbons (Fsp3) is 0.333. The number of carbonyl (C=O) groups is 2. The first-order valence-corrected chi connectivity index (χ1v) is 4.92. The molecule has 0 atom stereocenters. The number of carbonyl (C=O) groups excluding carboxylic acids is 1. The van der Waals surface area contributed by atoms with Gasteiger partial charge in [-0.2, -0.15) is 0 Å². The number of aliphatic carboxylic acids is 1. The van der Waals surface area contributed by atoms with E-state index in [1.807, 2.05) is 19.1 Å². The summed E-state index contributed by atoms with van der Waals surface area (Å²) in [7, 11) is 0. The van der Waals surface area contributed by atoms with Gasteiger partial charge in [-0.25, -0.2) is 0 Å². The molecule has 3 heteroatoms. The lowest BCUT2D eigenvalue weighted by atomic mass is 9.92. The Morgan fingerprint density at radius 3 is 2.33 bits per heavy atom. The van der Waals surface area contributed by atoms with Crippen molar-refractivity contribution in [1.29, 1.82) is 0 Å². The van der Waals surface area contributed by atoms with E-state index in [2.05, 4.69) is 0 Å². The molecule has 1 N–H and O–H groups in total. The van der Waals surface area contributed by atoms with Crippen LogP contribution in [0.15, 0.2) is 24.3 Å². The molecule has 2 rings (SSSR count). The highest BCUT2D eigenvalue weighted by atomic mass is 16.4. The predicted octanol–water partition coefficient (Wildman–Crippen LogP) is 2.04. The maximum Gasteiger partial charge on any atom is 0.317 e. The summed E-state index contributed by atoms with van der Waals surface area (Å²) >= 11 is 0. The average Bonchev–Trinajstić information content (AvgIpc) is 2.98. The van der Waals surface area contributed by atoms with Crippen molar-refractivity contribution in [3.8, 4) is 0 Å². The van der Waals surface area contributed by atoms with Crippen molar-refractivity contribution in [2.75, 3.05) is 0 Å². The van der Waals surface area contributed by atoms with E-state index < -0.39 is 11.4 Å². The molecule has 0 saturated heterocycles. The Kier molecular flexibility index (Phi) is 2.11. The van der Waals surface area contributed by atoms with Crippen molar-refractivity contribution in [3.05, 3.63) is 35.4 Å². The molecule has 1 aromatic rings. The lowest BCUT2D eigenvalue weighted by Crippen LogP contribution is -2.26. The largest absolute Gasteiger partial charge is 0.480 e. The molecular weight excluding hydrogens is 192 g/mol. The zero-order chi connectivity index (χ0) is 11.1. The molecule has 0 unspecified atom stereocenters. The topological polar surface area (TPSA) is 54.4 Å². The molecule has 78 valence electrons. The van der Waals surface area contributed by atoms with E-state index in [1.54, 1.807) is 12.1 Å². The quantitative estimate of drug-likeness (QED) is 0.605. The summed E-state index contributed by atoms with van der Waals surface area (Å²) in [5.41, 5.74) is 0.263. The van der Waals surface area contributed by atoms with Gasteiger partial charge in [0.25, 0.3) is 0 Å². The van der Waals surface area contributed by atoms with Gasteiger partial charge < -0.3 is 5.11 Å². The normalized spacial score (nSPS) is 17.1. The zero-order valence-electron chi connectivity index (χ0n) is 8.49. The summed E-state index contributed by atoms with van der Waals surface area (Å²) in [5, 5.41) is 9.01. The van der Waals surface area contributed by atoms with E-state index in [4.69, 9.17) is 5.11 Å². The molecule has 1 aromatic carbocycles. The van der Waals surface area contributed by atoms with Gasteiger partial charge in [-0.15, -0.1) is 0 Å². The molecule has 1 aliphatic carbocycles. The molecule has 15 heavy (non-hydrogen) atoms. The molecule has 1 aliphatic rings. The smallest absolute Gasteiger partial charge is 0.317 e. The molecule has 3 nitrogen and oxygen atoms in total. The van der Waals surface area contributed by atoms with Crippen LogP contribution in [-0.2, 0) is 4.79 Å². The number of hydrogen-bond acceptors (Lipinski definition) is 2. The zero-order valence-corrected chi connectivity index (χ0v) is 8.49. The third-order valence-electron chi connectivity index (χ3n) is 2.98. The van der Waals surface area contributed by atoms with Crippen LogP contribution in [-0.4, -0.2) is 16.9 Å². The second-order valence-corrected chi connectivity index (χ2v) is 4.03. The van der Waals surface area contributed by atoms with Gasteiger partial charge in [-0.3, -0.25) is 9.59 Å². The van der Waals surface area contributed by atoms with Gasteiger partial charge in [0.1, 0.15) is 5.41 Å². The highest BCUT2D eigenvalue weighted by Crippen LogP contribution is 2.48. The van der Waals surface area contributed by atoms with Crippen LogP contribution in [0.25, 0.3) is 0 Å². The number of hydrogen-bond donors (Lipinski definition) is 1. The van der Waals surface area contributed by atoms with Crippen molar-refractivity contribution < 1.29 is 14.7 Å². The van der Waals surface area contributed by atoms with Gasteiger partial charge in [0.05, 0.1) is 0 Å². The van der Waals surface area contributed by atoms with Gasteiger partial charge >= 0.3 is 5.97 Å². The van der Waals surface area contributed by atoms with Crippen LogP contribution in [0, 0.1) is 12.3 Å². The standard InChI is InChI=1S/C12H12O3/c1-8-4-2-3-5-9(8)10(13)12(6-7-12)11(14)15/h2-5H,6-7H2,1H3,(H,14,15). The Morgan fingerprint density at radius 1 is 1.27 bits per heavy atom. The summed E-state index contributed by atoms with van der Waals surface area (Å²) in [6, 6.07) is 7.12.